The first kappa shape index (κ1) is 23.5. The van der Waals surface area contributed by atoms with E-state index in [2.05, 4.69) is 64.7 Å². The van der Waals surface area contributed by atoms with E-state index < -0.39 is 11.9 Å². The largest absolute Gasteiger partial charge is 0.434 e. The quantitative estimate of drug-likeness (QED) is 0.331. The summed E-state index contributed by atoms with van der Waals surface area (Å²) in [7, 11) is 1.65. The van der Waals surface area contributed by atoms with Crippen LogP contribution in [0.15, 0.2) is 48.8 Å². The van der Waals surface area contributed by atoms with Gasteiger partial charge in [-0.1, -0.05) is 38.1 Å². The molecular formula is C27H30F3N5. The molecule has 0 N–H and O–H groups in total. The Morgan fingerprint density at radius 2 is 1.69 bits per heavy atom. The lowest BCUT2D eigenvalue weighted by atomic mass is 9.95. The predicted molar refractivity (Wildman–Crippen MR) is 132 cm³/mol. The summed E-state index contributed by atoms with van der Waals surface area (Å²) in [5, 5.41) is 0. The van der Waals surface area contributed by atoms with Gasteiger partial charge in [0, 0.05) is 44.0 Å². The zero-order valence-electron chi connectivity index (χ0n) is 20.5. The number of rotatable bonds is 4. The number of hydrogen-bond acceptors (Lipinski definition) is 3. The molecule has 1 aromatic carbocycles. The third-order valence-electron chi connectivity index (χ3n) is 7.06. The topological polar surface area (TPSA) is 38.4 Å². The molecule has 0 unspecified atom stereocenters. The molecule has 35 heavy (non-hydrogen) atoms. The number of alkyl halides is 3. The van der Waals surface area contributed by atoms with Gasteiger partial charge in [0.2, 0.25) is 0 Å². The van der Waals surface area contributed by atoms with E-state index >= 15 is 0 Å². The Kier molecular flexibility index (Phi) is 5.85. The van der Waals surface area contributed by atoms with Crippen LogP contribution in [-0.2, 0) is 13.2 Å². The molecule has 4 heterocycles. The number of halogens is 3. The van der Waals surface area contributed by atoms with Gasteiger partial charge >= 0.3 is 6.18 Å². The van der Waals surface area contributed by atoms with Crippen LogP contribution in [0, 0.1) is 6.92 Å². The van der Waals surface area contributed by atoms with Gasteiger partial charge in [-0.3, -0.25) is 4.40 Å². The fourth-order valence-corrected chi connectivity index (χ4v) is 5.20. The molecule has 0 amide bonds. The Balaban J connectivity index is 1.42. The first-order chi connectivity index (χ1) is 16.6. The minimum atomic E-state index is -4.42. The molecule has 4 aromatic rings. The highest BCUT2D eigenvalue weighted by atomic mass is 19.4. The van der Waals surface area contributed by atoms with Crippen molar-refractivity contribution in [1.29, 1.82) is 0 Å². The summed E-state index contributed by atoms with van der Waals surface area (Å²) in [6.07, 6.45) is 0.331. The van der Waals surface area contributed by atoms with Crippen LogP contribution in [0.5, 0.6) is 0 Å². The zero-order chi connectivity index (χ0) is 24.9. The van der Waals surface area contributed by atoms with Crippen molar-refractivity contribution in [3.63, 3.8) is 0 Å². The Morgan fingerprint density at radius 1 is 0.971 bits per heavy atom. The van der Waals surface area contributed by atoms with Crippen molar-refractivity contribution in [2.24, 2.45) is 7.05 Å². The molecule has 5 nitrogen and oxygen atoms in total. The zero-order valence-corrected chi connectivity index (χ0v) is 20.5. The van der Waals surface area contributed by atoms with Gasteiger partial charge in [0.1, 0.15) is 11.6 Å². The first-order valence-electron chi connectivity index (χ1n) is 12.1. The summed E-state index contributed by atoms with van der Waals surface area (Å²) >= 11 is 0. The van der Waals surface area contributed by atoms with E-state index in [1.54, 1.807) is 7.05 Å². The molecule has 0 saturated carbocycles. The van der Waals surface area contributed by atoms with Crippen molar-refractivity contribution in [3.8, 4) is 11.4 Å². The van der Waals surface area contributed by atoms with E-state index in [4.69, 9.17) is 4.98 Å². The number of pyridine rings is 1. The van der Waals surface area contributed by atoms with Crippen LogP contribution in [0.4, 0.5) is 18.9 Å². The van der Waals surface area contributed by atoms with Crippen LogP contribution in [0.3, 0.4) is 0 Å². The van der Waals surface area contributed by atoms with Gasteiger partial charge in [-0.15, -0.1) is 0 Å². The number of fused-ring (bicyclic) bond motifs is 1. The SMILES string of the molecule is Cc1nc(-c2ccccc2C(C)C)n2cc(N3CCC(c4nc(C(F)(F)F)cn4C)CC3)ccc12. The van der Waals surface area contributed by atoms with Crippen molar-refractivity contribution in [3.05, 3.63) is 71.6 Å². The smallest absolute Gasteiger partial charge is 0.370 e. The average Bonchev–Trinajstić information content (AvgIpc) is 3.39. The monoisotopic (exact) mass is 481 g/mol. The van der Waals surface area contributed by atoms with Crippen LogP contribution in [0.2, 0.25) is 0 Å². The number of hydrogen-bond donors (Lipinski definition) is 0. The van der Waals surface area contributed by atoms with Crippen molar-refractivity contribution in [2.45, 2.75) is 51.6 Å². The average molecular weight is 482 g/mol. The summed E-state index contributed by atoms with van der Waals surface area (Å²) < 4.78 is 43.0. The molecule has 5 rings (SSSR count). The number of nitrogens with zero attached hydrogens (tertiary/aromatic N) is 5. The Bertz CT molecular complexity index is 1360. The second-order valence-corrected chi connectivity index (χ2v) is 9.76. The number of benzene rings is 1. The second kappa shape index (κ2) is 8.73. The Morgan fingerprint density at radius 3 is 2.34 bits per heavy atom. The van der Waals surface area contributed by atoms with Crippen molar-refractivity contribution in [1.82, 2.24) is 18.9 Å². The predicted octanol–water partition coefficient (Wildman–Crippen LogP) is 6.57. The molecule has 1 fully saturated rings. The van der Waals surface area contributed by atoms with Crippen LogP contribution >= 0.6 is 0 Å². The summed E-state index contributed by atoms with van der Waals surface area (Å²) in [5.41, 5.74) is 4.74. The maximum absolute atomic E-state index is 13.1. The number of anilines is 1. The maximum atomic E-state index is 13.1. The van der Waals surface area contributed by atoms with Gasteiger partial charge in [0.15, 0.2) is 5.69 Å². The molecule has 1 aliphatic rings. The molecule has 1 aliphatic heterocycles. The first-order valence-corrected chi connectivity index (χ1v) is 12.1. The summed E-state index contributed by atoms with van der Waals surface area (Å²) in [5.74, 6) is 1.85. The second-order valence-electron chi connectivity index (χ2n) is 9.76. The highest BCUT2D eigenvalue weighted by molar-refractivity contribution is 5.70. The molecule has 0 spiro atoms. The van der Waals surface area contributed by atoms with Gasteiger partial charge in [0.05, 0.1) is 16.9 Å². The molecule has 3 aromatic heterocycles. The molecular weight excluding hydrogens is 451 g/mol. The normalized spacial score (nSPS) is 15.5. The van der Waals surface area contributed by atoms with Crippen LogP contribution in [0.1, 0.15) is 61.3 Å². The maximum Gasteiger partial charge on any atom is 0.434 e. The van der Waals surface area contributed by atoms with E-state index in [-0.39, 0.29) is 5.92 Å². The molecule has 0 atom stereocenters. The lowest BCUT2D eigenvalue weighted by molar-refractivity contribution is -0.141. The van der Waals surface area contributed by atoms with Gasteiger partial charge in [-0.2, -0.15) is 13.2 Å². The standard InChI is InChI=1S/C27H30F3N5/c1-17(2)21-7-5-6-8-22(21)26-31-18(3)23-10-9-20(15-35(23)26)34-13-11-19(12-14-34)25-32-24(16-33(25)4)27(28,29)30/h5-10,15-17,19H,11-14H2,1-4H3. The van der Waals surface area contributed by atoms with Crippen LogP contribution in [-0.4, -0.2) is 32.0 Å². The fraction of sp³-hybridized carbons (Fsp3) is 0.407. The van der Waals surface area contributed by atoms with Gasteiger partial charge in [0.25, 0.3) is 0 Å². The lowest BCUT2D eigenvalue weighted by Crippen LogP contribution is -2.33. The van der Waals surface area contributed by atoms with E-state index in [0.29, 0.717) is 11.7 Å². The summed E-state index contributed by atoms with van der Waals surface area (Å²) in [6, 6.07) is 12.6. The van der Waals surface area contributed by atoms with E-state index in [1.807, 2.05) is 13.0 Å². The molecule has 184 valence electrons. The minimum Gasteiger partial charge on any atom is -0.370 e. The summed E-state index contributed by atoms with van der Waals surface area (Å²) in [4.78, 5) is 11.1. The fourth-order valence-electron chi connectivity index (χ4n) is 5.20. The van der Waals surface area contributed by atoms with E-state index in [9.17, 15) is 13.2 Å². The molecule has 0 aliphatic carbocycles. The Labute approximate surface area is 203 Å². The number of aryl methyl sites for hydroxylation is 2. The van der Waals surface area contributed by atoms with E-state index in [0.717, 1.165) is 60.4 Å². The summed E-state index contributed by atoms with van der Waals surface area (Å²) in [6.45, 7) is 7.93. The van der Waals surface area contributed by atoms with Crippen LogP contribution < -0.4 is 4.90 Å². The van der Waals surface area contributed by atoms with Crippen LogP contribution in [0.25, 0.3) is 16.9 Å². The van der Waals surface area contributed by atoms with E-state index in [1.165, 1.54) is 10.1 Å². The van der Waals surface area contributed by atoms with Crippen molar-refractivity contribution >= 4 is 11.2 Å². The highest BCUT2D eigenvalue weighted by Crippen LogP contribution is 2.35. The molecule has 0 radical (unpaired) electrons. The number of imidazole rings is 2. The third kappa shape index (κ3) is 4.30. The highest BCUT2D eigenvalue weighted by Gasteiger charge is 2.36. The molecule has 0 bridgehead atoms. The number of aromatic nitrogens is 4. The van der Waals surface area contributed by atoms with Crippen molar-refractivity contribution < 1.29 is 13.2 Å². The number of piperidine rings is 1. The van der Waals surface area contributed by atoms with Gasteiger partial charge < -0.3 is 9.47 Å². The van der Waals surface area contributed by atoms with Gasteiger partial charge in [-0.25, -0.2) is 9.97 Å². The molecule has 1 saturated heterocycles. The van der Waals surface area contributed by atoms with Crippen molar-refractivity contribution in [2.75, 3.05) is 18.0 Å². The lowest BCUT2D eigenvalue weighted by Gasteiger charge is -2.33. The third-order valence-corrected chi connectivity index (χ3v) is 7.06. The minimum absolute atomic E-state index is 0.0139. The molecule has 8 heteroatoms. The van der Waals surface area contributed by atoms with Gasteiger partial charge in [-0.05, 0) is 43.4 Å². The Hall–Kier alpha value is -3.29.